The van der Waals surface area contributed by atoms with Crippen LogP contribution in [-0.2, 0) is 19.1 Å². The molecule has 3 aliphatic rings. The zero-order valence-corrected chi connectivity index (χ0v) is 22.4. The van der Waals surface area contributed by atoms with Crippen LogP contribution in [0, 0.1) is 0 Å². The molecular weight excluding hydrogens is 568 g/mol. The number of nitrogens with one attached hydrogen (secondary N) is 3. The summed E-state index contributed by atoms with van der Waals surface area (Å²) in [5.74, 6) is -0.827. The van der Waals surface area contributed by atoms with E-state index in [1.165, 1.54) is 28.1 Å². The Hall–Kier alpha value is -4.72. The van der Waals surface area contributed by atoms with Gasteiger partial charge in [0.25, 0.3) is 5.56 Å². The second-order valence-corrected chi connectivity index (χ2v) is 10.7. The van der Waals surface area contributed by atoms with Crippen LogP contribution in [0.4, 0.5) is 11.8 Å². The van der Waals surface area contributed by atoms with Gasteiger partial charge in [-0.1, -0.05) is 0 Å². The molecule has 9 N–H and O–H groups in total. The lowest BCUT2D eigenvalue weighted by molar-refractivity contribution is -0.124. The molecule has 3 aliphatic heterocycles. The molecule has 43 heavy (non-hydrogen) atoms. The number of rotatable bonds is 2. The molecule has 3 fully saturated rings. The fraction of sp³-hybridized carbons (Fsp3) is 0.500. The van der Waals surface area contributed by atoms with Gasteiger partial charge in [0, 0.05) is 12.8 Å². The summed E-state index contributed by atoms with van der Waals surface area (Å²) in [5, 5.41) is 28.1. The van der Waals surface area contributed by atoms with Crippen LogP contribution in [0.25, 0.3) is 22.3 Å². The molecule has 2 amide bonds. The Labute approximate surface area is 240 Å². The van der Waals surface area contributed by atoms with Gasteiger partial charge in [0.2, 0.25) is 17.8 Å². The van der Waals surface area contributed by atoms with Crippen LogP contribution in [0.1, 0.15) is 38.1 Å². The van der Waals surface area contributed by atoms with Gasteiger partial charge in [-0.15, -0.1) is 0 Å². The SMILES string of the molecule is Nc1nc2c(ncn2[C@@H]2O[C@@H]3CCC(=O)NC4C(O)[C@H](n5cnc6c(N)ncnc65)O[C@@H]4CCC(=O)NC2C3O)c(=O)[nH]1. The molecule has 0 saturated carbocycles. The number of amides is 2. The summed E-state index contributed by atoms with van der Waals surface area (Å²) in [6, 6.07) is -1.83. The van der Waals surface area contributed by atoms with E-state index in [9.17, 15) is 24.6 Å². The van der Waals surface area contributed by atoms with Crippen molar-refractivity contribution in [3.63, 3.8) is 0 Å². The Morgan fingerprint density at radius 3 is 2.21 bits per heavy atom. The third kappa shape index (κ3) is 4.52. The second kappa shape index (κ2) is 10.2. The third-order valence-corrected chi connectivity index (χ3v) is 8.10. The first kappa shape index (κ1) is 27.1. The van der Waals surface area contributed by atoms with E-state index in [4.69, 9.17) is 20.9 Å². The molecule has 0 spiro atoms. The van der Waals surface area contributed by atoms with Crippen LogP contribution in [0.5, 0.6) is 0 Å². The first-order valence-electron chi connectivity index (χ1n) is 13.6. The molecule has 19 heteroatoms. The highest BCUT2D eigenvalue weighted by atomic mass is 16.5. The number of aromatic nitrogens is 8. The molecule has 7 rings (SSSR count). The van der Waals surface area contributed by atoms with Crippen molar-refractivity contribution >= 4 is 45.9 Å². The minimum absolute atomic E-state index is 0.00644. The number of hydrogen-bond acceptors (Lipinski definition) is 14. The Morgan fingerprint density at radius 1 is 0.791 bits per heavy atom. The number of fused-ring (bicyclic) bond motifs is 5. The van der Waals surface area contributed by atoms with Crippen LogP contribution < -0.4 is 27.7 Å². The van der Waals surface area contributed by atoms with Crippen molar-refractivity contribution in [1.29, 1.82) is 0 Å². The number of nitrogens with zero attached hydrogens (tertiary/aromatic N) is 7. The number of anilines is 2. The van der Waals surface area contributed by atoms with Gasteiger partial charge in [-0.05, 0) is 12.8 Å². The summed E-state index contributed by atoms with van der Waals surface area (Å²) >= 11 is 0. The minimum Gasteiger partial charge on any atom is -0.388 e. The average Bonchev–Trinajstić information content (AvgIpc) is 3.72. The van der Waals surface area contributed by atoms with Gasteiger partial charge in [0.05, 0.1) is 30.9 Å². The summed E-state index contributed by atoms with van der Waals surface area (Å²) in [4.78, 5) is 61.6. The van der Waals surface area contributed by atoms with Gasteiger partial charge in [-0.25, -0.2) is 19.9 Å². The zero-order chi connectivity index (χ0) is 30.0. The van der Waals surface area contributed by atoms with E-state index >= 15 is 0 Å². The summed E-state index contributed by atoms with van der Waals surface area (Å²) in [7, 11) is 0. The minimum atomic E-state index is -1.21. The Bertz CT molecular complexity index is 1790. The predicted octanol–water partition coefficient (Wildman–Crippen LogP) is -2.82. The molecule has 4 aromatic heterocycles. The number of aliphatic hydroxyl groups is 2. The van der Waals surface area contributed by atoms with Gasteiger partial charge in [-0.3, -0.25) is 28.5 Å². The van der Waals surface area contributed by atoms with E-state index in [0.29, 0.717) is 11.2 Å². The smallest absolute Gasteiger partial charge is 0.280 e. The number of carbonyl (C=O) groups excluding carboxylic acids is 2. The van der Waals surface area contributed by atoms with Crippen molar-refractivity contribution in [1.82, 2.24) is 49.7 Å². The van der Waals surface area contributed by atoms with Gasteiger partial charge in [0.15, 0.2) is 35.1 Å². The Balaban J connectivity index is 1.16. The molecule has 0 radical (unpaired) electrons. The fourth-order valence-corrected chi connectivity index (χ4v) is 6.02. The summed E-state index contributed by atoms with van der Waals surface area (Å²) in [6.45, 7) is 0. The first-order valence-corrected chi connectivity index (χ1v) is 13.6. The molecule has 7 heterocycles. The molecule has 0 aliphatic carbocycles. The monoisotopic (exact) mass is 596 g/mol. The molecule has 8 atom stereocenters. The predicted molar refractivity (Wildman–Crippen MR) is 144 cm³/mol. The van der Waals surface area contributed by atoms with Crippen molar-refractivity contribution in [3.05, 3.63) is 29.3 Å². The first-order chi connectivity index (χ1) is 20.7. The molecule has 19 nitrogen and oxygen atoms in total. The van der Waals surface area contributed by atoms with Gasteiger partial charge in [0.1, 0.15) is 30.1 Å². The number of H-pyrrole nitrogens is 1. The Kier molecular flexibility index (Phi) is 6.45. The zero-order valence-electron chi connectivity index (χ0n) is 22.4. The number of ether oxygens (including phenoxy) is 2. The highest BCUT2D eigenvalue weighted by Crippen LogP contribution is 2.36. The topological polar surface area (TPSA) is 276 Å². The number of aromatic amines is 1. The maximum Gasteiger partial charge on any atom is 0.280 e. The van der Waals surface area contributed by atoms with E-state index < -0.39 is 66.3 Å². The van der Waals surface area contributed by atoms with Crippen LogP contribution in [0.2, 0.25) is 0 Å². The van der Waals surface area contributed by atoms with Crippen LogP contribution in [0.15, 0.2) is 23.8 Å². The van der Waals surface area contributed by atoms with Crippen molar-refractivity contribution in [2.24, 2.45) is 0 Å². The lowest BCUT2D eigenvalue weighted by Gasteiger charge is -2.24. The number of carbonyl (C=O) groups is 2. The van der Waals surface area contributed by atoms with Gasteiger partial charge in [-0.2, -0.15) is 4.98 Å². The average molecular weight is 597 g/mol. The van der Waals surface area contributed by atoms with Gasteiger partial charge >= 0.3 is 0 Å². The molecule has 0 aromatic carbocycles. The molecule has 3 saturated heterocycles. The van der Waals surface area contributed by atoms with Crippen molar-refractivity contribution in [2.45, 2.75) is 74.6 Å². The van der Waals surface area contributed by atoms with Gasteiger partial charge < -0.3 is 41.8 Å². The lowest BCUT2D eigenvalue weighted by atomic mass is 10.0. The summed E-state index contributed by atoms with van der Waals surface area (Å²) in [6.07, 6.45) is -1.95. The largest absolute Gasteiger partial charge is 0.388 e. The molecule has 2 bridgehead atoms. The normalized spacial score (nSPS) is 31.7. The lowest BCUT2D eigenvalue weighted by Crippen LogP contribution is -2.47. The quantitative estimate of drug-likeness (QED) is 0.123. The van der Waals surface area contributed by atoms with Crippen LogP contribution in [-0.4, -0.2) is 97.6 Å². The number of nitrogens with two attached hydrogens (primary N) is 2. The van der Waals surface area contributed by atoms with Crippen LogP contribution >= 0.6 is 0 Å². The number of nitrogen functional groups attached to an aromatic ring is 2. The van der Waals surface area contributed by atoms with E-state index in [1.807, 2.05) is 0 Å². The fourth-order valence-electron chi connectivity index (χ4n) is 6.02. The Morgan fingerprint density at radius 2 is 1.44 bits per heavy atom. The molecule has 4 unspecified atom stereocenters. The molecule has 4 aromatic rings. The number of aliphatic hydroxyl groups excluding tert-OH is 2. The standard InChI is InChI=1S/C24H28N12O7/c25-18-14-19(28-5-27-18)35(6-29-14)23-17(40)12-8(42-23)1-3-11(38)32-13-16(39)9(2-4-10(37)31-12)43-22(13)36-7-30-15-20(36)33-24(26)34-21(15)41/h5-9,12-13,16-17,22-23,39-40H,1-4H2,(H,31,37)(H,32,38)(H2,25,27,28)(H3,26,33,34,41)/t8-,9-,12?,13?,16?,17?,22-,23-/m1/s1. The summed E-state index contributed by atoms with van der Waals surface area (Å²) in [5.41, 5.74) is 11.9. The van der Waals surface area contributed by atoms with Crippen molar-refractivity contribution in [2.75, 3.05) is 11.5 Å². The van der Waals surface area contributed by atoms with Crippen molar-refractivity contribution in [3.8, 4) is 0 Å². The van der Waals surface area contributed by atoms with E-state index in [1.54, 1.807) is 0 Å². The van der Waals surface area contributed by atoms with E-state index in [0.717, 1.165) is 0 Å². The van der Waals surface area contributed by atoms with E-state index in [-0.39, 0.29) is 48.6 Å². The van der Waals surface area contributed by atoms with E-state index in [2.05, 4.69) is 40.5 Å². The third-order valence-electron chi connectivity index (χ3n) is 8.10. The number of hydrogen-bond donors (Lipinski definition) is 7. The second-order valence-electron chi connectivity index (χ2n) is 10.7. The number of imidazole rings is 2. The van der Waals surface area contributed by atoms with Crippen LogP contribution in [0.3, 0.4) is 0 Å². The molecular formula is C24H28N12O7. The van der Waals surface area contributed by atoms with Crippen molar-refractivity contribution < 1.29 is 29.3 Å². The highest BCUT2D eigenvalue weighted by molar-refractivity contribution is 5.81. The molecule has 226 valence electrons. The maximum atomic E-state index is 13.2. The summed E-state index contributed by atoms with van der Waals surface area (Å²) < 4.78 is 15.2. The maximum absolute atomic E-state index is 13.2. The highest BCUT2D eigenvalue weighted by Gasteiger charge is 2.49.